The van der Waals surface area contributed by atoms with Crippen LogP contribution in [-0.4, -0.2) is 44.7 Å². The molecule has 2 amide bonds. The van der Waals surface area contributed by atoms with E-state index < -0.39 is 22.5 Å². The lowest BCUT2D eigenvalue weighted by Crippen LogP contribution is -2.46. The van der Waals surface area contributed by atoms with Crippen molar-refractivity contribution < 1.29 is 22.7 Å². The highest BCUT2D eigenvalue weighted by molar-refractivity contribution is 7.89. The average molecular weight is 434 g/mol. The standard InChI is InChI=1S/C21H27N3O5S/c1-16-6-10-18(11-7-16)29-14-4-5-20(25)22-23-21(26)15-24(3)30(27,28)19-12-8-17(2)9-13-19/h6-13H,4-5,14-15H2,1-3H3,(H,22,25)(H,23,26). The topological polar surface area (TPSA) is 105 Å². The molecule has 0 bridgehead atoms. The maximum Gasteiger partial charge on any atom is 0.253 e. The molecule has 0 radical (unpaired) electrons. The van der Waals surface area contributed by atoms with E-state index in [1.807, 2.05) is 38.1 Å². The second-order valence-corrected chi connectivity index (χ2v) is 8.98. The summed E-state index contributed by atoms with van der Waals surface area (Å²) in [6.07, 6.45) is 0.626. The molecule has 9 heteroatoms. The van der Waals surface area contributed by atoms with Crippen molar-refractivity contribution >= 4 is 21.8 Å². The molecular weight excluding hydrogens is 406 g/mol. The van der Waals surface area contributed by atoms with Crippen LogP contribution in [0.25, 0.3) is 0 Å². The zero-order valence-electron chi connectivity index (χ0n) is 17.3. The van der Waals surface area contributed by atoms with Crippen LogP contribution in [-0.2, 0) is 19.6 Å². The molecule has 0 saturated heterocycles. The van der Waals surface area contributed by atoms with Crippen LogP contribution in [0.1, 0.15) is 24.0 Å². The van der Waals surface area contributed by atoms with Crippen molar-refractivity contribution in [2.45, 2.75) is 31.6 Å². The van der Waals surface area contributed by atoms with Crippen LogP contribution in [0.3, 0.4) is 0 Å². The Hall–Kier alpha value is -2.91. The Bertz CT molecular complexity index is 957. The predicted octanol–water partition coefficient (Wildman–Crippen LogP) is 1.93. The minimum Gasteiger partial charge on any atom is -0.494 e. The van der Waals surface area contributed by atoms with Crippen molar-refractivity contribution in [1.82, 2.24) is 15.2 Å². The van der Waals surface area contributed by atoms with Gasteiger partial charge in [-0.3, -0.25) is 20.4 Å². The minimum absolute atomic E-state index is 0.0982. The lowest BCUT2D eigenvalue weighted by atomic mass is 10.2. The van der Waals surface area contributed by atoms with Crippen molar-refractivity contribution in [1.29, 1.82) is 0 Å². The molecule has 0 heterocycles. The number of rotatable bonds is 9. The maximum absolute atomic E-state index is 12.5. The summed E-state index contributed by atoms with van der Waals surface area (Å²) in [7, 11) is -2.49. The summed E-state index contributed by atoms with van der Waals surface area (Å²) >= 11 is 0. The van der Waals surface area contributed by atoms with Crippen LogP contribution in [0.4, 0.5) is 0 Å². The Labute approximate surface area is 177 Å². The number of hydrogen-bond donors (Lipinski definition) is 2. The normalized spacial score (nSPS) is 11.2. The van der Waals surface area contributed by atoms with Crippen LogP contribution in [0.2, 0.25) is 0 Å². The summed E-state index contributed by atoms with van der Waals surface area (Å²) in [5, 5.41) is 0. The third kappa shape index (κ3) is 7.16. The van der Waals surface area contributed by atoms with Gasteiger partial charge in [-0.25, -0.2) is 8.42 Å². The van der Waals surface area contributed by atoms with Gasteiger partial charge in [0.15, 0.2) is 0 Å². The SMILES string of the molecule is Cc1ccc(OCCCC(=O)NNC(=O)CN(C)S(=O)(=O)c2ccc(C)cc2)cc1. The Kier molecular flexibility index (Phi) is 8.37. The van der Waals surface area contributed by atoms with E-state index in [1.54, 1.807) is 12.1 Å². The largest absolute Gasteiger partial charge is 0.494 e. The number of aryl methyl sites for hydroxylation is 2. The van der Waals surface area contributed by atoms with Crippen molar-refractivity contribution in [3.8, 4) is 5.75 Å². The first-order valence-electron chi connectivity index (χ1n) is 9.48. The molecule has 8 nitrogen and oxygen atoms in total. The number of amides is 2. The first-order valence-corrected chi connectivity index (χ1v) is 10.9. The highest BCUT2D eigenvalue weighted by atomic mass is 32.2. The second kappa shape index (κ2) is 10.7. The Morgan fingerprint density at radius 1 is 0.900 bits per heavy atom. The number of carbonyl (C=O) groups excluding carboxylic acids is 2. The zero-order chi connectivity index (χ0) is 22.1. The van der Waals surface area contributed by atoms with Gasteiger partial charge < -0.3 is 4.74 Å². The molecule has 2 aromatic rings. The summed E-state index contributed by atoms with van der Waals surface area (Å²) in [6.45, 7) is 3.78. The highest BCUT2D eigenvalue weighted by Crippen LogP contribution is 2.14. The van der Waals surface area contributed by atoms with E-state index in [1.165, 1.54) is 19.2 Å². The fourth-order valence-electron chi connectivity index (χ4n) is 2.48. The lowest BCUT2D eigenvalue weighted by Gasteiger charge is -2.17. The van der Waals surface area contributed by atoms with Crippen LogP contribution < -0.4 is 15.6 Å². The number of nitrogens with one attached hydrogen (secondary N) is 2. The number of ether oxygens (including phenoxy) is 1. The van der Waals surface area contributed by atoms with Gasteiger partial charge in [-0.15, -0.1) is 0 Å². The summed E-state index contributed by atoms with van der Waals surface area (Å²) in [4.78, 5) is 23.9. The molecule has 2 aromatic carbocycles. The molecule has 162 valence electrons. The summed E-state index contributed by atoms with van der Waals surface area (Å²) in [5.74, 6) is -0.301. The summed E-state index contributed by atoms with van der Waals surface area (Å²) in [6, 6.07) is 13.9. The van der Waals surface area contributed by atoms with E-state index in [0.717, 1.165) is 21.2 Å². The molecule has 0 aliphatic heterocycles. The fourth-order valence-corrected chi connectivity index (χ4v) is 3.60. The van der Waals surface area contributed by atoms with Gasteiger partial charge in [-0.1, -0.05) is 35.4 Å². The fraction of sp³-hybridized carbons (Fsp3) is 0.333. The van der Waals surface area contributed by atoms with Gasteiger partial charge in [0, 0.05) is 13.5 Å². The quantitative estimate of drug-likeness (QED) is 0.464. The number of sulfonamides is 1. The van der Waals surface area contributed by atoms with E-state index >= 15 is 0 Å². The van der Waals surface area contributed by atoms with Crippen molar-refractivity contribution in [3.63, 3.8) is 0 Å². The minimum atomic E-state index is -3.79. The molecule has 0 aromatic heterocycles. The smallest absolute Gasteiger partial charge is 0.253 e. The van der Waals surface area contributed by atoms with E-state index in [9.17, 15) is 18.0 Å². The van der Waals surface area contributed by atoms with E-state index in [4.69, 9.17) is 4.74 Å². The predicted molar refractivity (Wildman–Crippen MR) is 113 cm³/mol. The molecule has 0 atom stereocenters. The van der Waals surface area contributed by atoms with Gasteiger partial charge in [-0.05, 0) is 44.5 Å². The number of hydrogen-bond acceptors (Lipinski definition) is 5. The van der Waals surface area contributed by atoms with E-state index in [2.05, 4.69) is 10.9 Å². The molecule has 2 rings (SSSR count). The molecule has 2 N–H and O–H groups in total. The maximum atomic E-state index is 12.5. The van der Waals surface area contributed by atoms with Gasteiger partial charge in [-0.2, -0.15) is 4.31 Å². The van der Waals surface area contributed by atoms with Gasteiger partial charge in [0.1, 0.15) is 5.75 Å². The number of carbonyl (C=O) groups is 2. The Balaban J connectivity index is 1.69. The molecule has 0 saturated carbocycles. The van der Waals surface area contributed by atoms with Crippen LogP contribution >= 0.6 is 0 Å². The first-order chi connectivity index (χ1) is 14.2. The molecule has 0 fully saturated rings. The van der Waals surface area contributed by atoms with Gasteiger partial charge in [0.05, 0.1) is 18.0 Å². The second-order valence-electron chi connectivity index (χ2n) is 6.94. The third-order valence-electron chi connectivity index (χ3n) is 4.27. The van der Waals surface area contributed by atoms with Gasteiger partial charge in [0.25, 0.3) is 5.91 Å². The molecular formula is C21H27N3O5S. The zero-order valence-corrected chi connectivity index (χ0v) is 18.2. The molecule has 0 aliphatic carbocycles. The number of nitrogens with zero attached hydrogens (tertiary/aromatic N) is 1. The summed E-state index contributed by atoms with van der Waals surface area (Å²) < 4.78 is 31.4. The third-order valence-corrected chi connectivity index (χ3v) is 6.09. The van der Waals surface area contributed by atoms with E-state index in [-0.39, 0.29) is 17.2 Å². The summed E-state index contributed by atoms with van der Waals surface area (Å²) in [5.41, 5.74) is 6.57. The Morgan fingerprint density at radius 2 is 1.43 bits per heavy atom. The lowest BCUT2D eigenvalue weighted by molar-refractivity contribution is -0.129. The average Bonchev–Trinajstić information content (AvgIpc) is 2.71. The highest BCUT2D eigenvalue weighted by Gasteiger charge is 2.22. The molecule has 0 unspecified atom stereocenters. The number of likely N-dealkylation sites (N-methyl/N-ethyl adjacent to an activating group) is 1. The van der Waals surface area contributed by atoms with Crippen molar-refractivity contribution in [3.05, 3.63) is 59.7 Å². The molecule has 30 heavy (non-hydrogen) atoms. The van der Waals surface area contributed by atoms with Crippen molar-refractivity contribution in [2.24, 2.45) is 0 Å². The Morgan fingerprint density at radius 3 is 2.03 bits per heavy atom. The first kappa shape index (κ1) is 23.4. The van der Waals surface area contributed by atoms with Gasteiger partial charge in [0.2, 0.25) is 15.9 Å². The number of hydrazine groups is 1. The van der Waals surface area contributed by atoms with Crippen LogP contribution in [0.15, 0.2) is 53.4 Å². The van der Waals surface area contributed by atoms with Crippen LogP contribution in [0.5, 0.6) is 5.75 Å². The van der Waals surface area contributed by atoms with Crippen molar-refractivity contribution in [2.75, 3.05) is 20.2 Å². The monoisotopic (exact) mass is 433 g/mol. The van der Waals surface area contributed by atoms with E-state index in [0.29, 0.717) is 13.0 Å². The number of benzene rings is 2. The van der Waals surface area contributed by atoms with Gasteiger partial charge >= 0.3 is 0 Å². The molecule has 0 aliphatic rings. The molecule has 0 spiro atoms. The van der Waals surface area contributed by atoms with Crippen LogP contribution in [0, 0.1) is 13.8 Å².